The zero-order chi connectivity index (χ0) is 58.7. The maximum atomic E-state index is 13.6. The monoisotopic (exact) mass is 1140 g/mol. The first-order chi connectivity index (χ1) is 40.2. The molecule has 13 nitrogen and oxygen atoms in total. The standard InChI is InChI=1S/C69H104N2O11/c1-7-11-15-19-23-27-41-79-63-52-59(51-55(5)56(63)6)68(73)70-39-45-75-47-49-77-61-35-31-57(32-36-61)66(72)58-33-37-62(38-34-58)78-50-48-76-46-40-71-69(74)60-53-64(80-42-28-24-20-16-12-8-2)67(82-44-30-26-22-18-14-10-4)65(54-60)81-43-29-25-21-17-13-9-3/h31-38,51-54H,7-30,39-50H2,1-6H3,(H,70,73)(H,71,74). The minimum Gasteiger partial charge on any atom is -0.493 e. The number of aryl methyl sites for hydroxylation is 1. The molecule has 2 amide bonds. The van der Waals surface area contributed by atoms with Gasteiger partial charge in [0.15, 0.2) is 17.3 Å². The van der Waals surface area contributed by atoms with Gasteiger partial charge in [-0.05, 0) is 123 Å². The summed E-state index contributed by atoms with van der Waals surface area (Å²) in [5.41, 5.74) is 4.18. The van der Waals surface area contributed by atoms with E-state index < -0.39 is 0 Å². The Balaban J connectivity index is 1.16. The maximum absolute atomic E-state index is 13.6. The van der Waals surface area contributed by atoms with Crippen molar-refractivity contribution in [3.63, 3.8) is 0 Å². The summed E-state index contributed by atoms with van der Waals surface area (Å²) in [6.45, 7) is 17.8. The minimum absolute atomic E-state index is 0.117. The Labute approximate surface area is 494 Å². The highest BCUT2D eigenvalue weighted by atomic mass is 16.5. The summed E-state index contributed by atoms with van der Waals surface area (Å²) in [6, 6.07) is 21.4. The highest BCUT2D eigenvalue weighted by Gasteiger charge is 2.20. The number of hydrogen-bond acceptors (Lipinski definition) is 11. The number of rotatable bonds is 50. The van der Waals surface area contributed by atoms with Crippen LogP contribution < -0.4 is 39.1 Å². The van der Waals surface area contributed by atoms with E-state index in [4.69, 9.17) is 37.9 Å². The van der Waals surface area contributed by atoms with Crippen molar-refractivity contribution < 1.29 is 52.3 Å². The molecule has 0 aliphatic carbocycles. The smallest absolute Gasteiger partial charge is 0.251 e. The lowest BCUT2D eigenvalue weighted by Crippen LogP contribution is -2.28. The number of carbonyl (C=O) groups is 3. The third-order valence-electron chi connectivity index (χ3n) is 14.5. The Bertz CT molecular complexity index is 2300. The van der Waals surface area contributed by atoms with Gasteiger partial charge in [-0.3, -0.25) is 14.4 Å². The van der Waals surface area contributed by atoms with Crippen LogP contribution in [0.3, 0.4) is 0 Å². The van der Waals surface area contributed by atoms with Gasteiger partial charge in [-0.15, -0.1) is 0 Å². The molecule has 2 N–H and O–H groups in total. The van der Waals surface area contributed by atoms with Crippen LogP contribution in [0.1, 0.15) is 230 Å². The Morgan fingerprint density at radius 3 is 1.09 bits per heavy atom. The highest BCUT2D eigenvalue weighted by Crippen LogP contribution is 2.40. The largest absolute Gasteiger partial charge is 0.493 e. The third-order valence-corrected chi connectivity index (χ3v) is 14.5. The van der Waals surface area contributed by atoms with Gasteiger partial charge in [0.05, 0.1) is 52.9 Å². The van der Waals surface area contributed by atoms with Crippen LogP contribution in [0, 0.1) is 13.8 Å². The van der Waals surface area contributed by atoms with E-state index >= 15 is 0 Å². The number of ketones is 1. The van der Waals surface area contributed by atoms with Crippen LogP contribution in [0.2, 0.25) is 0 Å². The quantitative estimate of drug-likeness (QED) is 0.0321. The van der Waals surface area contributed by atoms with E-state index in [1.165, 1.54) is 103 Å². The molecule has 0 radical (unpaired) electrons. The SMILES string of the molecule is CCCCCCCCOc1cc(C(=O)NCCOCCOc2ccc(C(=O)c3ccc(OCCOCCNC(=O)c4cc(OCCCCCCCC)c(OCCCCCCCC)c(OCCCCCCCC)c4)cc3)cc2)cc(C)c1C. The normalized spacial score (nSPS) is 11.1. The second kappa shape index (κ2) is 43.8. The molecule has 456 valence electrons. The van der Waals surface area contributed by atoms with Crippen molar-refractivity contribution in [2.24, 2.45) is 0 Å². The van der Waals surface area contributed by atoms with Crippen molar-refractivity contribution in [1.82, 2.24) is 10.6 Å². The fraction of sp³-hybridized carbons (Fsp3) is 0.609. The van der Waals surface area contributed by atoms with Crippen molar-refractivity contribution in [3.8, 4) is 34.5 Å². The molecule has 0 aliphatic rings. The van der Waals surface area contributed by atoms with Gasteiger partial charge in [0.25, 0.3) is 11.8 Å². The second-order valence-electron chi connectivity index (χ2n) is 21.5. The van der Waals surface area contributed by atoms with Gasteiger partial charge in [-0.2, -0.15) is 0 Å². The Kier molecular flexibility index (Phi) is 36.7. The van der Waals surface area contributed by atoms with Gasteiger partial charge in [0, 0.05) is 35.3 Å². The third kappa shape index (κ3) is 28.5. The molecule has 0 heterocycles. The van der Waals surface area contributed by atoms with Gasteiger partial charge >= 0.3 is 0 Å². The summed E-state index contributed by atoms with van der Waals surface area (Å²) in [4.78, 5) is 39.9. The molecule has 4 aromatic carbocycles. The average Bonchev–Trinajstić information content (AvgIpc) is 3.56. The van der Waals surface area contributed by atoms with Crippen molar-refractivity contribution in [3.05, 3.63) is 106 Å². The molecular weight excluding hydrogens is 1030 g/mol. The molecule has 0 spiro atoms. The molecule has 0 aromatic heterocycles. The maximum Gasteiger partial charge on any atom is 0.251 e. The van der Waals surface area contributed by atoms with Crippen molar-refractivity contribution in [2.75, 3.05) is 79.2 Å². The molecular formula is C69H104N2O11. The fourth-order valence-electron chi connectivity index (χ4n) is 9.31. The predicted molar refractivity (Wildman–Crippen MR) is 331 cm³/mol. The van der Waals surface area contributed by atoms with Crippen molar-refractivity contribution in [2.45, 2.75) is 196 Å². The molecule has 13 heteroatoms. The average molecular weight is 1140 g/mol. The number of benzene rings is 4. The second-order valence-corrected chi connectivity index (χ2v) is 21.5. The van der Waals surface area contributed by atoms with E-state index in [1.54, 1.807) is 60.7 Å². The molecule has 0 atom stereocenters. The van der Waals surface area contributed by atoms with Crippen LogP contribution in [-0.2, 0) is 9.47 Å². The number of amides is 2. The topological polar surface area (TPSA) is 149 Å². The summed E-state index contributed by atoms with van der Waals surface area (Å²) in [7, 11) is 0. The first kappa shape index (κ1) is 68.7. The molecule has 0 unspecified atom stereocenters. The zero-order valence-corrected chi connectivity index (χ0v) is 51.4. The minimum atomic E-state index is -0.236. The first-order valence-electron chi connectivity index (χ1n) is 31.7. The Hall–Kier alpha value is -5.79. The molecule has 4 rings (SSSR count). The molecule has 0 bridgehead atoms. The van der Waals surface area contributed by atoms with Crippen LogP contribution in [0.15, 0.2) is 72.8 Å². The summed E-state index contributed by atoms with van der Waals surface area (Å²) in [6.07, 6.45) is 28.0. The van der Waals surface area contributed by atoms with E-state index in [0.717, 1.165) is 68.2 Å². The number of unbranched alkanes of at least 4 members (excludes halogenated alkanes) is 20. The van der Waals surface area contributed by atoms with E-state index in [9.17, 15) is 14.4 Å². The van der Waals surface area contributed by atoms with Gasteiger partial charge in [0.2, 0.25) is 5.75 Å². The van der Waals surface area contributed by atoms with Gasteiger partial charge < -0.3 is 48.5 Å². The lowest BCUT2D eigenvalue weighted by atomic mass is 10.0. The number of nitrogens with one attached hydrogen (secondary N) is 2. The predicted octanol–water partition coefficient (Wildman–Crippen LogP) is 16.1. The molecule has 4 aromatic rings. The van der Waals surface area contributed by atoms with Crippen LogP contribution in [-0.4, -0.2) is 96.8 Å². The van der Waals surface area contributed by atoms with E-state index in [1.807, 2.05) is 26.0 Å². The number of carbonyl (C=O) groups excluding carboxylic acids is 3. The van der Waals surface area contributed by atoms with Crippen molar-refractivity contribution >= 4 is 17.6 Å². The van der Waals surface area contributed by atoms with Gasteiger partial charge in [-0.1, -0.05) is 156 Å². The van der Waals surface area contributed by atoms with E-state index in [0.29, 0.717) is 130 Å². The summed E-state index contributed by atoms with van der Waals surface area (Å²) in [5.74, 6) is 3.19. The lowest BCUT2D eigenvalue weighted by Gasteiger charge is -2.19. The Morgan fingerprint density at radius 1 is 0.341 bits per heavy atom. The van der Waals surface area contributed by atoms with Crippen LogP contribution in [0.5, 0.6) is 34.5 Å². The summed E-state index contributed by atoms with van der Waals surface area (Å²) >= 11 is 0. The van der Waals surface area contributed by atoms with Crippen LogP contribution >= 0.6 is 0 Å². The molecule has 82 heavy (non-hydrogen) atoms. The summed E-state index contributed by atoms with van der Waals surface area (Å²) < 4.78 is 48.6. The van der Waals surface area contributed by atoms with E-state index in [-0.39, 0.29) is 17.6 Å². The molecule has 0 saturated heterocycles. The molecule has 0 saturated carbocycles. The van der Waals surface area contributed by atoms with Gasteiger partial charge in [-0.25, -0.2) is 0 Å². The van der Waals surface area contributed by atoms with Gasteiger partial charge in [0.1, 0.15) is 30.5 Å². The molecule has 0 fully saturated rings. The zero-order valence-electron chi connectivity index (χ0n) is 51.4. The first-order valence-corrected chi connectivity index (χ1v) is 31.7. The van der Waals surface area contributed by atoms with E-state index in [2.05, 4.69) is 38.3 Å². The number of ether oxygens (including phenoxy) is 8. The lowest BCUT2D eigenvalue weighted by molar-refractivity contribution is 0.0861. The number of hydrogen-bond donors (Lipinski definition) is 2. The summed E-state index contributed by atoms with van der Waals surface area (Å²) in [5, 5.41) is 5.94. The van der Waals surface area contributed by atoms with Crippen molar-refractivity contribution in [1.29, 1.82) is 0 Å². The van der Waals surface area contributed by atoms with Crippen LogP contribution in [0.4, 0.5) is 0 Å². The fourth-order valence-corrected chi connectivity index (χ4v) is 9.31. The Morgan fingerprint density at radius 2 is 0.683 bits per heavy atom. The van der Waals surface area contributed by atoms with Crippen LogP contribution in [0.25, 0.3) is 0 Å². The molecule has 0 aliphatic heterocycles. The highest BCUT2D eigenvalue weighted by molar-refractivity contribution is 6.09.